The third-order valence-electron chi connectivity index (χ3n) is 5.33. The monoisotopic (exact) mass is 450 g/mol. The summed E-state index contributed by atoms with van der Waals surface area (Å²) in [7, 11) is -3.49. The van der Waals surface area contributed by atoms with Crippen LogP contribution in [-0.2, 0) is 14.8 Å². The minimum atomic E-state index is -3.49. The van der Waals surface area contributed by atoms with E-state index < -0.39 is 10.0 Å². The molecule has 5 nitrogen and oxygen atoms in total. The number of carbonyl (C=O) groups is 1. The maximum absolute atomic E-state index is 12.5. The number of sulfonamides is 1. The zero-order chi connectivity index (χ0) is 22.6. The van der Waals surface area contributed by atoms with Crippen molar-refractivity contribution < 1.29 is 13.2 Å². The normalized spacial score (nSPS) is 12.5. The Kier molecular flexibility index (Phi) is 7.94. The molecule has 1 unspecified atom stereocenters. The lowest BCUT2D eigenvalue weighted by Gasteiger charge is -2.24. The Balaban J connectivity index is 2.03. The van der Waals surface area contributed by atoms with Gasteiger partial charge >= 0.3 is 0 Å². The van der Waals surface area contributed by atoms with Crippen LogP contribution in [0.1, 0.15) is 53.6 Å². The third-order valence-corrected chi connectivity index (χ3v) is 6.75. The van der Waals surface area contributed by atoms with E-state index >= 15 is 0 Å². The van der Waals surface area contributed by atoms with Gasteiger partial charge in [0.2, 0.25) is 15.9 Å². The van der Waals surface area contributed by atoms with Crippen molar-refractivity contribution >= 4 is 33.2 Å². The van der Waals surface area contributed by atoms with Crippen LogP contribution in [0.15, 0.2) is 30.3 Å². The molecule has 0 aliphatic rings. The van der Waals surface area contributed by atoms with Crippen LogP contribution in [-0.4, -0.2) is 27.1 Å². The molecule has 7 heteroatoms. The van der Waals surface area contributed by atoms with E-state index in [4.69, 9.17) is 11.6 Å². The Labute approximate surface area is 185 Å². The topological polar surface area (TPSA) is 66.5 Å². The summed E-state index contributed by atoms with van der Waals surface area (Å²) in [6.45, 7) is 10.2. The fourth-order valence-electron chi connectivity index (χ4n) is 3.54. The van der Waals surface area contributed by atoms with Crippen LogP contribution in [0.25, 0.3) is 0 Å². The number of nitrogens with one attached hydrogen (secondary N) is 1. The molecule has 2 aromatic carbocycles. The lowest BCUT2D eigenvalue weighted by Crippen LogP contribution is -2.33. The van der Waals surface area contributed by atoms with E-state index in [2.05, 4.69) is 31.3 Å². The summed E-state index contributed by atoms with van der Waals surface area (Å²) >= 11 is 6.06. The van der Waals surface area contributed by atoms with Gasteiger partial charge in [-0.15, -0.1) is 0 Å². The first-order valence-electron chi connectivity index (χ1n) is 10.0. The van der Waals surface area contributed by atoms with Crippen molar-refractivity contribution in [2.45, 2.75) is 53.5 Å². The average Bonchev–Trinajstić information content (AvgIpc) is 2.63. The molecule has 164 valence electrons. The smallest absolute Gasteiger partial charge is 0.232 e. The summed E-state index contributed by atoms with van der Waals surface area (Å²) in [5.41, 5.74) is 6.02. The number of rotatable bonds is 8. The number of halogens is 1. The van der Waals surface area contributed by atoms with Crippen molar-refractivity contribution in [2.75, 3.05) is 17.1 Å². The van der Waals surface area contributed by atoms with E-state index in [-0.39, 0.29) is 24.9 Å². The van der Waals surface area contributed by atoms with Crippen LogP contribution in [0, 0.1) is 27.7 Å². The van der Waals surface area contributed by atoms with E-state index in [0.717, 1.165) is 22.9 Å². The Hall–Kier alpha value is -2.05. The Bertz CT molecular complexity index is 1030. The molecule has 0 saturated carbocycles. The molecule has 1 N–H and O–H groups in total. The molecule has 0 bridgehead atoms. The molecule has 0 aliphatic heterocycles. The second kappa shape index (κ2) is 9.84. The zero-order valence-electron chi connectivity index (χ0n) is 18.5. The van der Waals surface area contributed by atoms with Crippen molar-refractivity contribution in [1.82, 2.24) is 5.32 Å². The van der Waals surface area contributed by atoms with Crippen molar-refractivity contribution in [3.8, 4) is 0 Å². The van der Waals surface area contributed by atoms with Crippen molar-refractivity contribution in [2.24, 2.45) is 0 Å². The number of anilines is 1. The largest absolute Gasteiger partial charge is 0.350 e. The molecular formula is C23H31ClN2O3S. The standard InChI is InChI=1S/C23H31ClN2O3S/c1-15-9-10-20(24)14-22(15)26(30(6,28)29)11-7-8-23(27)25-19(5)21-13-17(3)16(2)12-18(21)4/h9-10,12-14,19H,7-8,11H2,1-6H3,(H,25,27). The van der Waals surface area contributed by atoms with Crippen LogP contribution < -0.4 is 9.62 Å². The predicted octanol–water partition coefficient (Wildman–Crippen LogP) is 5.00. The molecular weight excluding hydrogens is 420 g/mol. The summed E-state index contributed by atoms with van der Waals surface area (Å²) < 4.78 is 25.9. The van der Waals surface area contributed by atoms with Crippen LogP contribution in [0.5, 0.6) is 0 Å². The molecule has 2 aromatic rings. The number of hydrogen-bond donors (Lipinski definition) is 1. The Morgan fingerprint density at radius 3 is 2.30 bits per heavy atom. The molecule has 0 aromatic heterocycles. The van der Waals surface area contributed by atoms with Gasteiger partial charge in [0, 0.05) is 18.0 Å². The highest BCUT2D eigenvalue weighted by Gasteiger charge is 2.20. The van der Waals surface area contributed by atoms with Gasteiger partial charge in [0.25, 0.3) is 0 Å². The number of benzene rings is 2. The maximum Gasteiger partial charge on any atom is 0.232 e. The molecule has 0 heterocycles. The highest BCUT2D eigenvalue weighted by atomic mass is 35.5. The summed E-state index contributed by atoms with van der Waals surface area (Å²) in [4.78, 5) is 12.5. The van der Waals surface area contributed by atoms with Gasteiger partial charge in [-0.2, -0.15) is 0 Å². The summed E-state index contributed by atoms with van der Waals surface area (Å²) in [6, 6.07) is 9.29. The fourth-order valence-corrected chi connectivity index (χ4v) is 4.72. The second-order valence-corrected chi connectivity index (χ2v) is 10.3. The lowest BCUT2D eigenvalue weighted by molar-refractivity contribution is -0.121. The first-order valence-corrected chi connectivity index (χ1v) is 12.2. The fraction of sp³-hybridized carbons (Fsp3) is 0.435. The van der Waals surface area contributed by atoms with Crippen molar-refractivity contribution in [3.63, 3.8) is 0 Å². The van der Waals surface area contributed by atoms with Gasteiger partial charge in [-0.1, -0.05) is 29.8 Å². The van der Waals surface area contributed by atoms with Gasteiger partial charge < -0.3 is 5.32 Å². The van der Waals surface area contributed by atoms with Crippen LogP contribution >= 0.6 is 11.6 Å². The van der Waals surface area contributed by atoms with E-state index in [0.29, 0.717) is 17.1 Å². The minimum absolute atomic E-state index is 0.101. The molecule has 1 amide bonds. The summed E-state index contributed by atoms with van der Waals surface area (Å²) in [6.07, 6.45) is 1.81. The Morgan fingerprint density at radius 2 is 1.67 bits per heavy atom. The lowest BCUT2D eigenvalue weighted by atomic mass is 9.96. The number of carbonyl (C=O) groups excluding carboxylic acids is 1. The number of nitrogens with zero attached hydrogens (tertiary/aromatic N) is 1. The van der Waals surface area contributed by atoms with Gasteiger partial charge in [-0.3, -0.25) is 9.10 Å². The zero-order valence-corrected chi connectivity index (χ0v) is 20.1. The van der Waals surface area contributed by atoms with Crippen LogP contribution in [0.4, 0.5) is 5.69 Å². The van der Waals surface area contributed by atoms with E-state index in [1.54, 1.807) is 18.2 Å². The van der Waals surface area contributed by atoms with E-state index in [1.165, 1.54) is 15.4 Å². The first kappa shape index (κ1) is 24.2. The molecule has 0 radical (unpaired) electrons. The maximum atomic E-state index is 12.5. The predicted molar refractivity (Wildman–Crippen MR) is 125 cm³/mol. The van der Waals surface area contributed by atoms with Gasteiger partial charge in [-0.05, 0) is 81.0 Å². The highest BCUT2D eigenvalue weighted by Crippen LogP contribution is 2.27. The molecule has 0 spiro atoms. The van der Waals surface area contributed by atoms with Gasteiger partial charge in [0.1, 0.15) is 0 Å². The molecule has 30 heavy (non-hydrogen) atoms. The SMILES string of the molecule is Cc1cc(C)c(C(C)NC(=O)CCCN(c2cc(Cl)ccc2C)S(C)(=O)=O)cc1C. The molecule has 0 aliphatic carbocycles. The van der Waals surface area contributed by atoms with E-state index in [9.17, 15) is 13.2 Å². The molecule has 0 saturated heterocycles. The van der Waals surface area contributed by atoms with Crippen LogP contribution in [0.2, 0.25) is 5.02 Å². The van der Waals surface area contributed by atoms with Gasteiger partial charge in [-0.25, -0.2) is 8.42 Å². The summed E-state index contributed by atoms with van der Waals surface area (Å²) in [5, 5.41) is 3.50. The van der Waals surface area contributed by atoms with E-state index in [1.807, 2.05) is 20.8 Å². The first-order chi connectivity index (χ1) is 13.9. The minimum Gasteiger partial charge on any atom is -0.350 e. The average molecular weight is 451 g/mol. The molecule has 1 atom stereocenters. The van der Waals surface area contributed by atoms with Crippen LogP contribution in [0.3, 0.4) is 0 Å². The Morgan fingerprint density at radius 1 is 1.03 bits per heavy atom. The second-order valence-electron chi connectivity index (χ2n) is 7.95. The highest BCUT2D eigenvalue weighted by molar-refractivity contribution is 7.92. The summed E-state index contributed by atoms with van der Waals surface area (Å²) in [5.74, 6) is -0.101. The van der Waals surface area contributed by atoms with Crippen molar-refractivity contribution in [1.29, 1.82) is 0 Å². The molecule has 2 rings (SSSR count). The van der Waals surface area contributed by atoms with Gasteiger partial charge in [0.05, 0.1) is 18.0 Å². The van der Waals surface area contributed by atoms with Gasteiger partial charge in [0.15, 0.2) is 0 Å². The van der Waals surface area contributed by atoms with Crippen molar-refractivity contribution in [3.05, 3.63) is 63.2 Å². The third kappa shape index (κ3) is 6.22. The number of hydrogen-bond acceptors (Lipinski definition) is 3. The molecule has 0 fully saturated rings. The number of amides is 1. The number of aryl methyl sites for hydroxylation is 4. The quantitative estimate of drug-likeness (QED) is 0.615.